The highest BCUT2D eigenvalue weighted by Crippen LogP contribution is 2.34. The summed E-state index contributed by atoms with van der Waals surface area (Å²) in [5.74, 6) is 0.959. The molecule has 1 aromatic carbocycles. The summed E-state index contributed by atoms with van der Waals surface area (Å²) < 4.78 is 0. The van der Waals surface area contributed by atoms with Crippen LogP contribution >= 0.6 is 11.8 Å². The molecule has 132 valence electrons. The van der Waals surface area contributed by atoms with E-state index in [4.69, 9.17) is 10.7 Å². The van der Waals surface area contributed by atoms with Crippen LogP contribution in [0.1, 0.15) is 0 Å². The minimum absolute atomic E-state index is 0.275. The van der Waals surface area contributed by atoms with Gasteiger partial charge in [0.05, 0.1) is 10.6 Å². The van der Waals surface area contributed by atoms with Gasteiger partial charge in [-0.1, -0.05) is 0 Å². The SMILES string of the molecule is CNC(=O)Nc1ccc(-c2nc(N)c(SC)c(-c3ccncc3)n2)cc1. The molecule has 0 aliphatic carbocycles. The second-order valence-electron chi connectivity index (χ2n) is 5.33. The molecule has 0 aliphatic rings. The van der Waals surface area contributed by atoms with E-state index >= 15 is 0 Å². The van der Waals surface area contributed by atoms with Gasteiger partial charge in [0.15, 0.2) is 5.82 Å². The standard InChI is InChI=1S/C18H18N6OS/c1-20-18(25)22-13-5-3-12(4-6-13)17-23-14(11-7-9-21-10-8-11)15(26-2)16(19)24-17/h3-10H,1-2H3,(H2,19,23,24)(H2,20,22,25). The van der Waals surface area contributed by atoms with Crippen LogP contribution in [-0.2, 0) is 0 Å². The van der Waals surface area contributed by atoms with Gasteiger partial charge in [-0.15, -0.1) is 11.8 Å². The number of nitrogens with one attached hydrogen (secondary N) is 2. The molecule has 0 aliphatic heterocycles. The molecule has 0 spiro atoms. The zero-order chi connectivity index (χ0) is 18.5. The van der Waals surface area contributed by atoms with Gasteiger partial charge in [-0.3, -0.25) is 4.98 Å². The third-order valence-corrected chi connectivity index (χ3v) is 4.49. The van der Waals surface area contributed by atoms with Crippen LogP contribution in [0, 0.1) is 0 Å². The molecule has 2 heterocycles. The number of pyridine rings is 1. The van der Waals surface area contributed by atoms with Crippen LogP contribution in [-0.4, -0.2) is 34.3 Å². The number of nitrogens with two attached hydrogens (primary N) is 1. The molecular formula is C18H18N6OS. The van der Waals surface area contributed by atoms with E-state index in [0.29, 0.717) is 17.3 Å². The van der Waals surface area contributed by atoms with Gasteiger partial charge >= 0.3 is 6.03 Å². The molecule has 0 bridgehead atoms. The summed E-state index contributed by atoms with van der Waals surface area (Å²) in [4.78, 5) is 25.4. The Morgan fingerprint density at radius 2 is 1.73 bits per heavy atom. The number of rotatable bonds is 4. The van der Waals surface area contributed by atoms with E-state index in [9.17, 15) is 4.79 Å². The third-order valence-electron chi connectivity index (χ3n) is 3.68. The van der Waals surface area contributed by atoms with Crippen LogP contribution < -0.4 is 16.4 Å². The fourth-order valence-electron chi connectivity index (χ4n) is 2.40. The molecule has 3 rings (SSSR count). The van der Waals surface area contributed by atoms with Crippen molar-refractivity contribution in [3.63, 3.8) is 0 Å². The summed E-state index contributed by atoms with van der Waals surface area (Å²) in [6.07, 6.45) is 5.38. The lowest BCUT2D eigenvalue weighted by molar-refractivity contribution is 0.254. The second kappa shape index (κ2) is 7.83. The Kier molecular flexibility index (Phi) is 5.33. The van der Waals surface area contributed by atoms with Crippen molar-refractivity contribution in [2.24, 2.45) is 0 Å². The Morgan fingerprint density at radius 1 is 1.04 bits per heavy atom. The minimum Gasteiger partial charge on any atom is -0.383 e. The van der Waals surface area contributed by atoms with E-state index in [0.717, 1.165) is 21.7 Å². The molecule has 2 aromatic heterocycles. The van der Waals surface area contributed by atoms with Crippen molar-refractivity contribution in [3.8, 4) is 22.6 Å². The van der Waals surface area contributed by atoms with Crippen LogP contribution in [0.5, 0.6) is 0 Å². The molecule has 2 amide bonds. The lowest BCUT2D eigenvalue weighted by atomic mass is 10.1. The first-order valence-electron chi connectivity index (χ1n) is 7.83. The Labute approximate surface area is 155 Å². The van der Waals surface area contributed by atoms with Crippen molar-refractivity contribution < 1.29 is 4.79 Å². The first-order chi connectivity index (χ1) is 12.6. The number of amides is 2. The Balaban J connectivity index is 2.01. The van der Waals surface area contributed by atoms with Crippen molar-refractivity contribution in [1.29, 1.82) is 0 Å². The highest BCUT2D eigenvalue weighted by molar-refractivity contribution is 7.98. The Morgan fingerprint density at radius 3 is 2.35 bits per heavy atom. The van der Waals surface area contributed by atoms with Crippen molar-refractivity contribution >= 4 is 29.3 Å². The Bertz CT molecular complexity index is 915. The predicted molar refractivity (Wildman–Crippen MR) is 105 cm³/mol. The molecular weight excluding hydrogens is 348 g/mol. The van der Waals surface area contributed by atoms with Gasteiger partial charge in [0.25, 0.3) is 0 Å². The molecule has 0 atom stereocenters. The number of hydrogen-bond acceptors (Lipinski definition) is 6. The quantitative estimate of drug-likeness (QED) is 0.612. The van der Waals surface area contributed by atoms with Crippen LogP contribution in [0.4, 0.5) is 16.3 Å². The minimum atomic E-state index is -0.275. The van der Waals surface area contributed by atoms with Crippen molar-refractivity contribution in [2.75, 3.05) is 24.4 Å². The zero-order valence-electron chi connectivity index (χ0n) is 14.4. The maximum absolute atomic E-state index is 11.4. The second-order valence-corrected chi connectivity index (χ2v) is 6.15. The number of aromatic nitrogens is 3. The summed E-state index contributed by atoms with van der Waals surface area (Å²) in [6.45, 7) is 0. The summed E-state index contributed by atoms with van der Waals surface area (Å²) in [5.41, 5.74) is 9.35. The molecule has 0 saturated carbocycles. The van der Waals surface area contributed by atoms with Crippen LogP contribution in [0.15, 0.2) is 53.7 Å². The number of urea groups is 1. The first kappa shape index (κ1) is 17.7. The van der Waals surface area contributed by atoms with E-state index < -0.39 is 0 Å². The number of nitrogen functional groups attached to an aromatic ring is 1. The summed E-state index contributed by atoms with van der Waals surface area (Å²) in [6, 6.07) is 10.8. The number of thioether (sulfide) groups is 1. The molecule has 0 unspecified atom stereocenters. The number of carbonyl (C=O) groups is 1. The fourth-order valence-corrected chi connectivity index (χ4v) is 3.01. The Hall–Kier alpha value is -3.13. The summed E-state index contributed by atoms with van der Waals surface area (Å²) in [5, 5.41) is 5.22. The molecule has 4 N–H and O–H groups in total. The normalized spacial score (nSPS) is 10.4. The zero-order valence-corrected chi connectivity index (χ0v) is 15.2. The van der Waals surface area contributed by atoms with E-state index in [1.165, 1.54) is 11.8 Å². The molecule has 0 saturated heterocycles. The van der Waals surface area contributed by atoms with Gasteiger partial charge in [-0.2, -0.15) is 0 Å². The van der Waals surface area contributed by atoms with Gasteiger partial charge in [0.2, 0.25) is 0 Å². The number of anilines is 2. The van der Waals surface area contributed by atoms with Gasteiger partial charge in [0, 0.05) is 36.3 Å². The van der Waals surface area contributed by atoms with Crippen molar-refractivity contribution in [2.45, 2.75) is 4.90 Å². The number of hydrogen-bond donors (Lipinski definition) is 3. The molecule has 0 radical (unpaired) electrons. The van der Waals surface area contributed by atoms with Gasteiger partial charge in [-0.05, 0) is 42.7 Å². The summed E-state index contributed by atoms with van der Waals surface area (Å²) >= 11 is 1.51. The third kappa shape index (κ3) is 3.75. The van der Waals surface area contributed by atoms with E-state index in [1.54, 1.807) is 31.6 Å². The van der Waals surface area contributed by atoms with Crippen LogP contribution in [0.25, 0.3) is 22.6 Å². The average Bonchev–Trinajstić information content (AvgIpc) is 2.68. The van der Waals surface area contributed by atoms with E-state index in [2.05, 4.69) is 20.6 Å². The highest BCUT2D eigenvalue weighted by Gasteiger charge is 2.14. The average molecular weight is 366 g/mol. The number of benzene rings is 1. The predicted octanol–water partition coefficient (Wildman–Crippen LogP) is 3.26. The van der Waals surface area contributed by atoms with Crippen LogP contribution in [0.2, 0.25) is 0 Å². The first-order valence-corrected chi connectivity index (χ1v) is 9.06. The lowest BCUT2D eigenvalue weighted by Crippen LogP contribution is -2.24. The van der Waals surface area contributed by atoms with Crippen molar-refractivity contribution in [3.05, 3.63) is 48.8 Å². The summed E-state index contributed by atoms with van der Waals surface area (Å²) in [7, 11) is 1.56. The van der Waals surface area contributed by atoms with Crippen LogP contribution in [0.3, 0.4) is 0 Å². The van der Waals surface area contributed by atoms with E-state index in [1.807, 2.05) is 30.5 Å². The molecule has 26 heavy (non-hydrogen) atoms. The van der Waals surface area contributed by atoms with Crippen molar-refractivity contribution in [1.82, 2.24) is 20.3 Å². The van der Waals surface area contributed by atoms with E-state index in [-0.39, 0.29) is 6.03 Å². The maximum Gasteiger partial charge on any atom is 0.318 e. The smallest absolute Gasteiger partial charge is 0.318 e. The number of nitrogens with zero attached hydrogens (tertiary/aromatic N) is 3. The monoisotopic (exact) mass is 366 g/mol. The molecule has 0 fully saturated rings. The topological polar surface area (TPSA) is 106 Å². The molecule has 3 aromatic rings. The van der Waals surface area contributed by atoms with Gasteiger partial charge < -0.3 is 16.4 Å². The largest absolute Gasteiger partial charge is 0.383 e. The van der Waals surface area contributed by atoms with Gasteiger partial charge in [0.1, 0.15) is 5.82 Å². The van der Waals surface area contributed by atoms with Gasteiger partial charge in [-0.25, -0.2) is 14.8 Å². The fraction of sp³-hybridized carbons (Fsp3) is 0.111. The lowest BCUT2D eigenvalue weighted by Gasteiger charge is -2.12. The maximum atomic E-state index is 11.4. The highest BCUT2D eigenvalue weighted by atomic mass is 32.2. The molecule has 8 heteroatoms. The number of carbonyl (C=O) groups excluding carboxylic acids is 1. The molecule has 7 nitrogen and oxygen atoms in total.